The molecule has 1 aliphatic rings. The molecule has 1 unspecified atom stereocenters. The van der Waals surface area contributed by atoms with E-state index in [0.29, 0.717) is 11.3 Å². The first-order valence-electron chi connectivity index (χ1n) is 8.20. The van der Waals surface area contributed by atoms with Gasteiger partial charge in [-0.3, -0.25) is 14.3 Å². The largest absolute Gasteiger partial charge is 0.454 e. The van der Waals surface area contributed by atoms with E-state index in [2.05, 4.69) is 24.9 Å². The maximum absolute atomic E-state index is 12.1. The number of nitrogens with one attached hydrogen (secondary N) is 1. The van der Waals surface area contributed by atoms with Gasteiger partial charge in [0.25, 0.3) is 0 Å². The lowest BCUT2D eigenvalue weighted by Gasteiger charge is -2.12. The number of hydrogen-bond donors (Lipinski definition) is 1. The molecule has 1 atom stereocenters. The van der Waals surface area contributed by atoms with Gasteiger partial charge in [0.15, 0.2) is 5.75 Å². The molecule has 0 saturated carbocycles. The minimum atomic E-state index is -0.799. The second kappa shape index (κ2) is 7.21. The minimum absolute atomic E-state index is 0.0409. The second-order valence-electron chi connectivity index (χ2n) is 6.15. The number of carbonyl (C=O) groups excluding carboxylic acids is 1. The average molecular weight is 419 g/mol. The Morgan fingerprint density at radius 3 is 2.68 bits per heavy atom. The number of H-pyrrole nitrogens is 1. The van der Waals surface area contributed by atoms with Gasteiger partial charge in [-0.25, -0.2) is 4.79 Å². The monoisotopic (exact) mass is 418 g/mol. The quantitative estimate of drug-likeness (QED) is 0.583. The van der Waals surface area contributed by atoms with E-state index in [4.69, 9.17) is 27.9 Å². The van der Waals surface area contributed by atoms with Crippen LogP contribution in [0, 0.1) is 0 Å². The number of ether oxygens (including phenoxy) is 1. The number of halogens is 2. The fourth-order valence-electron chi connectivity index (χ4n) is 2.78. The van der Waals surface area contributed by atoms with Crippen molar-refractivity contribution >= 4 is 34.7 Å². The van der Waals surface area contributed by atoms with Crippen LogP contribution in [0.2, 0.25) is 10.0 Å². The molecule has 1 aromatic heterocycles. The highest BCUT2D eigenvalue weighted by Gasteiger charge is 2.19. The van der Waals surface area contributed by atoms with Crippen LogP contribution in [0.25, 0.3) is 0 Å². The number of nitrogens with zero attached hydrogens (tertiary/aromatic N) is 3. The summed E-state index contributed by atoms with van der Waals surface area (Å²) in [5.74, 6) is -0.584. The van der Waals surface area contributed by atoms with Crippen molar-refractivity contribution in [3.05, 3.63) is 67.9 Å². The molecule has 28 heavy (non-hydrogen) atoms. The van der Waals surface area contributed by atoms with Gasteiger partial charge in [0.1, 0.15) is 5.75 Å². The molecule has 4 rings (SSSR count). The van der Waals surface area contributed by atoms with Crippen molar-refractivity contribution in [2.45, 2.75) is 19.4 Å². The normalized spacial score (nSPS) is 14.9. The zero-order chi connectivity index (χ0) is 19.8. The Morgan fingerprint density at radius 1 is 1.25 bits per heavy atom. The fraction of sp³-hybridized carbons (Fsp3) is 0.167. The molecule has 142 valence electrons. The Balaban J connectivity index is 1.56. The van der Waals surface area contributed by atoms with E-state index in [9.17, 15) is 9.59 Å². The van der Waals surface area contributed by atoms with Gasteiger partial charge in [0.05, 0.1) is 21.8 Å². The topological polar surface area (TPSA) is 110 Å². The van der Waals surface area contributed by atoms with Gasteiger partial charge < -0.3 is 4.74 Å². The van der Waals surface area contributed by atoms with Gasteiger partial charge in [0.2, 0.25) is 11.6 Å². The predicted molar refractivity (Wildman–Crippen MR) is 101 cm³/mol. The van der Waals surface area contributed by atoms with Crippen LogP contribution in [0.4, 0.5) is 5.69 Å². The summed E-state index contributed by atoms with van der Waals surface area (Å²) >= 11 is 12.6. The molecule has 0 amide bonds. The molecule has 10 heteroatoms. The molecular weight excluding hydrogens is 407 g/mol. The van der Waals surface area contributed by atoms with Crippen molar-refractivity contribution < 1.29 is 14.1 Å². The van der Waals surface area contributed by atoms with Crippen molar-refractivity contribution in [3.63, 3.8) is 0 Å². The zero-order valence-electron chi connectivity index (χ0n) is 14.4. The molecule has 0 bridgehead atoms. The average Bonchev–Trinajstić information content (AvgIpc) is 3.24. The Kier molecular flexibility index (Phi) is 4.74. The fourth-order valence-corrected chi connectivity index (χ4v) is 3.39. The third-order valence-electron chi connectivity index (χ3n) is 4.13. The van der Waals surface area contributed by atoms with Crippen LogP contribution in [-0.4, -0.2) is 15.9 Å². The molecule has 1 N–H and O–H groups in total. The summed E-state index contributed by atoms with van der Waals surface area (Å²) in [5, 5.41) is 12.0. The molecule has 1 aliphatic heterocycles. The van der Waals surface area contributed by atoms with Crippen LogP contribution < -0.4 is 10.5 Å². The van der Waals surface area contributed by atoms with Crippen LogP contribution >= 0.6 is 23.2 Å². The summed E-state index contributed by atoms with van der Waals surface area (Å²) in [4.78, 5) is 25.3. The number of aromatic amines is 1. The van der Waals surface area contributed by atoms with Crippen LogP contribution in [0.3, 0.4) is 0 Å². The standard InChI is InChI=1S/C18H12Cl2N4O4/c1-8-11-7-10(2-3-14(11)23-22-8)27-16-12(19)4-9(5-13(16)20)6-15(25)17-21-18(26)28-24-17/h2-5,7-8H,6H2,1H3,(H,21,24,26). The van der Waals surface area contributed by atoms with Crippen molar-refractivity contribution in [2.75, 3.05) is 0 Å². The summed E-state index contributed by atoms with van der Waals surface area (Å²) in [6, 6.07) is 8.50. The smallest absolute Gasteiger partial charge is 0.439 e. The maximum atomic E-state index is 12.1. The first-order valence-corrected chi connectivity index (χ1v) is 8.96. The first-order chi connectivity index (χ1) is 13.4. The highest BCUT2D eigenvalue weighted by Crippen LogP contribution is 2.41. The summed E-state index contributed by atoms with van der Waals surface area (Å²) < 4.78 is 10.2. The van der Waals surface area contributed by atoms with Crippen LogP contribution in [0.1, 0.15) is 34.7 Å². The highest BCUT2D eigenvalue weighted by atomic mass is 35.5. The zero-order valence-corrected chi connectivity index (χ0v) is 15.9. The van der Waals surface area contributed by atoms with E-state index >= 15 is 0 Å². The van der Waals surface area contributed by atoms with Gasteiger partial charge in [0, 0.05) is 12.0 Å². The van der Waals surface area contributed by atoms with Crippen LogP contribution in [-0.2, 0) is 6.42 Å². The van der Waals surface area contributed by atoms with E-state index in [0.717, 1.165) is 11.3 Å². The number of azo groups is 1. The molecule has 0 radical (unpaired) electrons. The minimum Gasteiger partial charge on any atom is -0.454 e. The van der Waals surface area contributed by atoms with Crippen molar-refractivity contribution in [3.8, 4) is 11.5 Å². The summed E-state index contributed by atoms with van der Waals surface area (Å²) in [6.45, 7) is 1.94. The van der Waals surface area contributed by atoms with E-state index in [1.165, 1.54) is 0 Å². The third kappa shape index (κ3) is 3.56. The van der Waals surface area contributed by atoms with Crippen LogP contribution in [0.5, 0.6) is 11.5 Å². The van der Waals surface area contributed by atoms with Gasteiger partial charge in [-0.15, -0.1) is 0 Å². The number of carbonyl (C=O) groups is 1. The molecule has 2 aromatic carbocycles. The molecule has 0 fully saturated rings. The Bertz CT molecular complexity index is 1150. The van der Waals surface area contributed by atoms with Gasteiger partial charge in [-0.1, -0.05) is 28.4 Å². The van der Waals surface area contributed by atoms with Crippen molar-refractivity contribution in [1.82, 2.24) is 10.1 Å². The predicted octanol–water partition coefficient (Wildman–Crippen LogP) is 5.05. The second-order valence-corrected chi connectivity index (χ2v) is 6.96. The molecule has 0 spiro atoms. The van der Waals surface area contributed by atoms with Gasteiger partial charge >= 0.3 is 5.76 Å². The van der Waals surface area contributed by atoms with E-state index < -0.39 is 11.5 Å². The molecular formula is C18H12Cl2N4O4. The number of Topliss-reactive ketones (excluding diaryl/α,β-unsaturated/α-hetero) is 1. The number of rotatable bonds is 5. The van der Waals surface area contributed by atoms with E-state index in [1.807, 2.05) is 19.1 Å². The van der Waals surface area contributed by atoms with Crippen molar-refractivity contribution in [2.24, 2.45) is 10.2 Å². The number of hydrogen-bond acceptors (Lipinski definition) is 7. The number of ketones is 1. The van der Waals surface area contributed by atoms with Crippen LogP contribution in [0.15, 0.2) is 49.9 Å². The molecule has 0 aliphatic carbocycles. The lowest BCUT2D eigenvalue weighted by Crippen LogP contribution is -2.08. The highest BCUT2D eigenvalue weighted by molar-refractivity contribution is 6.37. The first kappa shape index (κ1) is 18.4. The third-order valence-corrected chi connectivity index (χ3v) is 4.70. The van der Waals surface area contributed by atoms with Gasteiger partial charge in [-0.2, -0.15) is 10.2 Å². The molecule has 2 heterocycles. The Hall–Kier alpha value is -2.97. The van der Waals surface area contributed by atoms with Crippen molar-refractivity contribution in [1.29, 1.82) is 0 Å². The van der Waals surface area contributed by atoms with E-state index in [1.54, 1.807) is 18.2 Å². The Labute approximate surface area is 168 Å². The summed E-state index contributed by atoms with van der Waals surface area (Å²) in [7, 11) is 0. The maximum Gasteiger partial charge on any atom is 0.439 e. The molecule has 3 aromatic rings. The molecule has 0 saturated heterocycles. The lowest BCUT2D eigenvalue weighted by molar-refractivity contribution is 0.0980. The number of fused-ring (bicyclic) bond motifs is 1. The molecule has 8 nitrogen and oxygen atoms in total. The van der Waals surface area contributed by atoms with Gasteiger partial charge in [-0.05, 0) is 42.8 Å². The Morgan fingerprint density at radius 2 is 2.00 bits per heavy atom. The summed E-state index contributed by atoms with van der Waals surface area (Å²) in [5.41, 5.74) is 2.29. The van der Waals surface area contributed by atoms with E-state index in [-0.39, 0.29) is 34.1 Å². The lowest BCUT2D eigenvalue weighted by atomic mass is 10.1. The number of benzene rings is 2. The SMILES string of the molecule is CC1N=Nc2ccc(Oc3c(Cl)cc(CC(=O)c4noc(=O)[nH]4)cc3Cl)cc21. The summed E-state index contributed by atoms with van der Waals surface area (Å²) in [6.07, 6.45) is -0.0679. The number of aromatic nitrogens is 2.